The van der Waals surface area contributed by atoms with Crippen molar-refractivity contribution in [2.24, 2.45) is 5.41 Å². The minimum absolute atomic E-state index is 0.294. The zero-order chi connectivity index (χ0) is 24.1. The number of nitrogens with one attached hydrogen (secondary N) is 3. The minimum Gasteiger partial charge on any atom is -0.383 e. The Morgan fingerprint density at radius 3 is 2.62 bits per heavy atom. The number of anilines is 2. The highest BCUT2D eigenvalue weighted by molar-refractivity contribution is 6.32. The van der Waals surface area contributed by atoms with Gasteiger partial charge in [-0.05, 0) is 57.6 Å². The molecular weight excluding hydrogens is 455 g/mol. The molecule has 0 unspecified atom stereocenters. The maximum atomic E-state index is 14.7. The zero-order valence-corrected chi connectivity index (χ0v) is 20.5. The van der Waals surface area contributed by atoms with E-state index in [1.807, 2.05) is 0 Å². The van der Waals surface area contributed by atoms with Gasteiger partial charge in [-0.25, -0.2) is 14.4 Å². The van der Waals surface area contributed by atoms with Crippen LogP contribution in [0.25, 0.3) is 11.1 Å². The molecule has 34 heavy (non-hydrogen) atoms. The van der Waals surface area contributed by atoms with E-state index in [1.54, 1.807) is 25.4 Å². The first kappa shape index (κ1) is 24.6. The largest absolute Gasteiger partial charge is 0.383 e. The van der Waals surface area contributed by atoms with Gasteiger partial charge in [-0.3, -0.25) is 0 Å². The smallest absolute Gasteiger partial charge is 0.152 e. The molecule has 0 bridgehead atoms. The van der Waals surface area contributed by atoms with Gasteiger partial charge in [-0.2, -0.15) is 5.26 Å². The molecule has 3 N–H and O–H groups in total. The van der Waals surface area contributed by atoms with Crippen LogP contribution in [0.3, 0.4) is 0 Å². The molecule has 7 nitrogen and oxygen atoms in total. The first-order valence-corrected chi connectivity index (χ1v) is 12.3. The van der Waals surface area contributed by atoms with Crippen LogP contribution in [0.2, 0.25) is 5.15 Å². The molecule has 9 heteroatoms. The third-order valence-electron chi connectivity index (χ3n) is 6.73. The molecule has 0 aliphatic heterocycles. The second-order valence-electron chi connectivity index (χ2n) is 9.57. The van der Waals surface area contributed by atoms with Gasteiger partial charge in [0.15, 0.2) is 5.15 Å². The summed E-state index contributed by atoms with van der Waals surface area (Å²) >= 11 is 6.25. The van der Waals surface area contributed by atoms with E-state index in [9.17, 15) is 9.65 Å². The van der Waals surface area contributed by atoms with E-state index < -0.39 is 5.82 Å². The van der Waals surface area contributed by atoms with Crippen LogP contribution in [0.1, 0.15) is 45.4 Å². The SMILES string of the molecule is COC[C@@H](C)N[C@H]1CC[C@H](Nc2cc(-c3cnc(Cl)c(NCC4(C#N)CC4)c3)c(F)cn2)CC1. The normalized spacial score (nSPS) is 22.0. The molecule has 4 rings (SSSR count). The summed E-state index contributed by atoms with van der Waals surface area (Å²) in [5.74, 6) is 0.225. The van der Waals surface area contributed by atoms with Gasteiger partial charge in [0.2, 0.25) is 0 Å². The lowest BCUT2D eigenvalue weighted by atomic mass is 9.90. The predicted molar refractivity (Wildman–Crippen MR) is 132 cm³/mol. The Balaban J connectivity index is 1.40. The molecule has 0 spiro atoms. The fourth-order valence-electron chi connectivity index (χ4n) is 4.52. The lowest BCUT2D eigenvalue weighted by Gasteiger charge is -2.31. The van der Waals surface area contributed by atoms with Crippen LogP contribution < -0.4 is 16.0 Å². The molecule has 2 aromatic rings. The van der Waals surface area contributed by atoms with Crippen molar-refractivity contribution in [2.45, 2.75) is 63.6 Å². The summed E-state index contributed by atoms with van der Waals surface area (Å²) in [4.78, 5) is 8.49. The van der Waals surface area contributed by atoms with Crippen LogP contribution in [-0.2, 0) is 4.74 Å². The lowest BCUT2D eigenvalue weighted by molar-refractivity contribution is 0.161. The Hall–Kier alpha value is -2.47. The van der Waals surface area contributed by atoms with E-state index >= 15 is 0 Å². The summed E-state index contributed by atoms with van der Waals surface area (Å²) in [5.41, 5.74) is 1.29. The van der Waals surface area contributed by atoms with Gasteiger partial charge in [0, 0.05) is 49.1 Å². The van der Waals surface area contributed by atoms with Gasteiger partial charge < -0.3 is 20.7 Å². The van der Waals surface area contributed by atoms with Crippen LogP contribution in [0.5, 0.6) is 0 Å². The number of hydrogen-bond acceptors (Lipinski definition) is 7. The Bertz CT molecular complexity index is 1030. The number of halogens is 2. The highest BCUT2D eigenvalue weighted by Crippen LogP contribution is 2.45. The first-order chi connectivity index (χ1) is 16.4. The third-order valence-corrected chi connectivity index (χ3v) is 7.03. The van der Waals surface area contributed by atoms with Crippen LogP contribution in [-0.4, -0.2) is 48.4 Å². The molecule has 182 valence electrons. The molecule has 2 aliphatic carbocycles. The molecule has 0 amide bonds. The van der Waals surface area contributed by atoms with Crippen molar-refractivity contribution in [2.75, 3.05) is 30.9 Å². The third kappa shape index (κ3) is 6.15. The number of rotatable bonds is 10. The van der Waals surface area contributed by atoms with Crippen LogP contribution in [0.4, 0.5) is 15.9 Å². The minimum atomic E-state index is -0.420. The van der Waals surface area contributed by atoms with E-state index in [0.717, 1.165) is 38.5 Å². The summed E-state index contributed by atoms with van der Waals surface area (Å²) < 4.78 is 19.9. The Morgan fingerprint density at radius 1 is 1.21 bits per heavy atom. The first-order valence-electron chi connectivity index (χ1n) is 11.9. The van der Waals surface area contributed by atoms with E-state index in [-0.39, 0.29) is 5.41 Å². The Labute approximate surface area is 205 Å². The number of aromatic nitrogens is 2. The van der Waals surface area contributed by atoms with Gasteiger partial charge in [-0.15, -0.1) is 0 Å². The van der Waals surface area contributed by atoms with E-state index in [0.29, 0.717) is 59.1 Å². The summed E-state index contributed by atoms with van der Waals surface area (Å²) in [6.45, 7) is 3.34. The topological polar surface area (TPSA) is 94.9 Å². The van der Waals surface area contributed by atoms with Gasteiger partial charge in [0.1, 0.15) is 11.6 Å². The highest BCUT2D eigenvalue weighted by Gasteiger charge is 2.43. The molecule has 2 fully saturated rings. The van der Waals surface area contributed by atoms with E-state index in [1.165, 1.54) is 6.20 Å². The van der Waals surface area contributed by atoms with Crippen LogP contribution >= 0.6 is 11.6 Å². The quantitative estimate of drug-likeness (QED) is 0.407. The number of nitriles is 1. The monoisotopic (exact) mass is 486 g/mol. The fraction of sp³-hybridized carbons (Fsp3) is 0.560. The molecule has 0 radical (unpaired) electrons. The number of hydrogen-bond donors (Lipinski definition) is 3. The van der Waals surface area contributed by atoms with Crippen LogP contribution in [0.15, 0.2) is 24.5 Å². The van der Waals surface area contributed by atoms with Crippen molar-refractivity contribution in [1.82, 2.24) is 15.3 Å². The zero-order valence-electron chi connectivity index (χ0n) is 19.7. The van der Waals surface area contributed by atoms with Gasteiger partial charge in [0.25, 0.3) is 0 Å². The second-order valence-corrected chi connectivity index (χ2v) is 9.93. The number of pyridine rings is 2. The van der Waals surface area contributed by atoms with Crippen molar-refractivity contribution in [3.63, 3.8) is 0 Å². The molecule has 2 saturated carbocycles. The molecule has 2 aromatic heterocycles. The van der Waals surface area contributed by atoms with Gasteiger partial charge in [0.05, 0.1) is 30.0 Å². The van der Waals surface area contributed by atoms with E-state index in [4.69, 9.17) is 16.3 Å². The Morgan fingerprint density at radius 2 is 1.94 bits per heavy atom. The molecule has 1 atom stereocenters. The maximum Gasteiger partial charge on any atom is 0.152 e. The average molecular weight is 487 g/mol. The molecular formula is C25H32ClFN6O. The summed E-state index contributed by atoms with van der Waals surface area (Å²) in [7, 11) is 1.72. The number of ether oxygens (including phenoxy) is 1. The van der Waals surface area contributed by atoms with E-state index in [2.05, 4.69) is 38.9 Å². The number of methoxy groups -OCH3 is 1. The Kier molecular flexibility index (Phi) is 7.87. The van der Waals surface area contributed by atoms with Gasteiger partial charge in [-0.1, -0.05) is 11.6 Å². The average Bonchev–Trinajstić information content (AvgIpc) is 3.62. The standard InChI is InChI=1S/C25H32ClFN6O/c1-16(13-34-2)32-18-3-5-19(6-4-18)33-23-10-20(21(27)12-29-23)17-9-22(24(26)30-11-17)31-15-25(14-28)7-8-25/h9-12,16,18-19,31-32H,3-8,13,15H2,1-2H3,(H,29,33)/t16-,18-,19-/m1/s1. The highest BCUT2D eigenvalue weighted by atomic mass is 35.5. The summed E-state index contributed by atoms with van der Waals surface area (Å²) in [6, 6.07) is 6.98. The van der Waals surface area contributed by atoms with Crippen molar-refractivity contribution in [3.8, 4) is 17.2 Å². The second kappa shape index (κ2) is 10.9. The lowest BCUT2D eigenvalue weighted by Crippen LogP contribution is -2.42. The van der Waals surface area contributed by atoms with Crippen molar-refractivity contribution >= 4 is 23.1 Å². The van der Waals surface area contributed by atoms with Crippen molar-refractivity contribution in [3.05, 3.63) is 35.5 Å². The van der Waals surface area contributed by atoms with Gasteiger partial charge >= 0.3 is 0 Å². The van der Waals surface area contributed by atoms with Crippen LogP contribution in [0, 0.1) is 22.6 Å². The summed E-state index contributed by atoms with van der Waals surface area (Å²) in [6.07, 6.45) is 8.73. The maximum absolute atomic E-state index is 14.7. The molecule has 0 saturated heterocycles. The van der Waals surface area contributed by atoms with Crippen molar-refractivity contribution < 1.29 is 9.13 Å². The number of nitrogens with zero attached hydrogens (tertiary/aromatic N) is 3. The molecule has 2 aliphatic rings. The predicted octanol–water partition coefficient (Wildman–Crippen LogP) is 5.00. The van der Waals surface area contributed by atoms with Crippen molar-refractivity contribution in [1.29, 1.82) is 5.26 Å². The fourth-order valence-corrected chi connectivity index (χ4v) is 4.69. The molecule has 0 aromatic carbocycles. The summed E-state index contributed by atoms with van der Waals surface area (Å²) in [5, 5.41) is 19.9. The molecule has 2 heterocycles.